The Bertz CT molecular complexity index is 651. The number of anilines is 1. The van der Waals surface area contributed by atoms with Crippen molar-refractivity contribution < 1.29 is 9.59 Å². The summed E-state index contributed by atoms with van der Waals surface area (Å²) in [7, 11) is 0. The Kier molecular flexibility index (Phi) is 7.29. The highest BCUT2D eigenvalue weighted by Gasteiger charge is 2.30. The molecule has 1 unspecified atom stereocenters. The van der Waals surface area contributed by atoms with Crippen LogP contribution in [0, 0.1) is 5.92 Å². The Balaban J connectivity index is 1.58. The third-order valence-electron chi connectivity index (χ3n) is 6.11. The number of hydrogen-bond acceptors (Lipinski definition) is 4. The van der Waals surface area contributed by atoms with Gasteiger partial charge in [0.1, 0.15) is 5.82 Å². The Labute approximate surface area is 168 Å². The second kappa shape index (κ2) is 9.89. The largest absolute Gasteiger partial charge is 0.357 e. The molecular formula is C22H34N4O2. The second-order valence-electron chi connectivity index (χ2n) is 8.01. The fourth-order valence-electron chi connectivity index (χ4n) is 4.37. The predicted octanol–water partition coefficient (Wildman–Crippen LogP) is 3.23. The number of likely N-dealkylation sites (tertiary alicyclic amines) is 1. The number of rotatable bonds is 6. The van der Waals surface area contributed by atoms with Crippen LogP contribution in [0.3, 0.4) is 0 Å². The molecule has 1 N–H and O–H groups in total. The molecule has 1 saturated heterocycles. The van der Waals surface area contributed by atoms with E-state index in [1.807, 2.05) is 17.0 Å². The lowest BCUT2D eigenvalue weighted by molar-refractivity contribution is -0.127. The monoisotopic (exact) mass is 386 g/mol. The molecular weight excluding hydrogens is 352 g/mol. The summed E-state index contributed by atoms with van der Waals surface area (Å²) in [4.78, 5) is 34.1. The van der Waals surface area contributed by atoms with Gasteiger partial charge in [0, 0.05) is 38.4 Å². The molecule has 0 spiro atoms. The molecule has 0 aromatic carbocycles. The van der Waals surface area contributed by atoms with Gasteiger partial charge in [0.05, 0.1) is 11.5 Å². The van der Waals surface area contributed by atoms with E-state index in [0.717, 1.165) is 44.6 Å². The van der Waals surface area contributed by atoms with E-state index in [1.165, 1.54) is 19.3 Å². The first-order valence-electron chi connectivity index (χ1n) is 10.9. The molecule has 154 valence electrons. The van der Waals surface area contributed by atoms with E-state index in [4.69, 9.17) is 0 Å². The van der Waals surface area contributed by atoms with Gasteiger partial charge in [0.25, 0.3) is 5.91 Å². The van der Waals surface area contributed by atoms with E-state index in [9.17, 15) is 9.59 Å². The summed E-state index contributed by atoms with van der Waals surface area (Å²) in [5, 5.41) is 3.23. The van der Waals surface area contributed by atoms with Gasteiger partial charge < -0.3 is 15.1 Å². The SMILES string of the molecule is CCN(CC)c1ccc(C(=O)N2CCCC(C(=O)NC3CCCCC3)C2)cn1. The molecule has 6 nitrogen and oxygen atoms in total. The molecule has 6 heteroatoms. The van der Waals surface area contributed by atoms with E-state index in [2.05, 4.69) is 29.0 Å². The third-order valence-corrected chi connectivity index (χ3v) is 6.11. The fourth-order valence-corrected chi connectivity index (χ4v) is 4.37. The van der Waals surface area contributed by atoms with Crippen molar-refractivity contribution >= 4 is 17.6 Å². The summed E-state index contributed by atoms with van der Waals surface area (Å²) in [6.07, 6.45) is 9.27. The summed E-state index contributed by atoms with van der Waals surface area (Å²) in [5.74, 6) is 0.903. The van der Waals surface area contributed by atoms with Crippen molar-refractivity contribution in [3.05, 3.63) is 23.9 Å². The summed E-state index contributed by atoms with van der Waals surface area (Å²) in [6, 6.07) is 4.09. The Morgan fingerprint density at radius 2 is 1.86 bits per heavy atom. The lowest BCUT2D eigenvalue weighted by Crippen LogP contribution is -2.48. The van der Waals surface area contributed by atoms with E-state index in [1.54, 1.807) is 6.20 Å². The first-order chi connectivity index (χ1) is 13.6. The summed E-state index contributed by atoms with van der Waals surface area (Å²) in [6.45, 7) is 7.19. The lowest BCUT2D eigenvalue weighted by atomic mass is 9.93. The van der Waals surface area contributed by atoms with Crippen LogP contribution in [0.15, 0.2) is 18.3 Å². The number of piperidine rings is 1. The zero-order valence-electron chi connectivity index (χ0n) is 17.3. The van der Waals surface area contributed by atoms with Crippen LogP contribution in [0.1, 0.15) is 69.2 Å². The van der Waals surface area contributed by atoms with E-state index < -0.39 is 0 Å². The number of aromatic nitrogens is 1. The topological polar surface area (TPSA) is 65.5 Å². The Hall–Kier alpha value is -2.11. The minimum atomic E-state index is -0.0949. The van der Waals surface area contributed by atoms with Crippen molar-refractivity contribution in [2.24, 2.45) is 5.92 Å². The zero-order valence-corrected chi connectivity index (χ0v) is 17.3. The average Bonchev–Trinajstić information content (AvgIpc) is 2.75. The first-order valence-corrected chi connectivity index (χ1v) is 10.9. The van der Waals surface area contributed by atoms with Gasteiger partial charge in [-0.1, -0.05) is 19.3 Å². The van der Waals surface area contributed by atoms with Gasteiger partial charge in [0.15, 0.2) is 0 Å². The van der Waals surface area contributed by atoms with Gasteiger partial charge in [-0.05, 0) is 51.7 Å². The molecule has 1 aromatic rings. The zero-order chi connectivity index (χ0) is 19.9. The van der Waals surface area contributed by atoms with Crippen molar-refractivity contribution in [2.75, 3.05) is 31.1 Å². The van der Waals surface area contributed by atoms with Crippen molar-refractivity contribution in [3.63, 3.8) is 0 Å². The van der Waals surface area contributed by atoms with E-state index in [-0.39, 0.29) is 17.7 Å². The lowest BCUT2D eigenvalue weighted by Gasteiger charge is -2.33. The molecule has 1 aliphatic heterocycles. The molecule has 2 heterocycles. The van der Waals surface area contributed by atoms with Gasteiger partial charge >= 0.3 is 0 Å². The minimum absolute atomic E-state index is 0.0197. The minimum Gasteiger partial charge on any atom is -0.357 e. The number of nitrogens with one attached hydrogen (secondary N) is 1. The highest BCUT2D eigenvalue weighted by Crippen LogP contribution is 2.22. The van der Waals surface area contributed by atoms with Crippen LogP contribution < -0.4 is 10.2 Å². The van der Waals surface area contributed by atoms with Crippen LogP contribution in [0.2, 0.25) is 0 Å². The van der Waals surface area contributed by atoms with Crippen molar-refractivity contribution in [1.82, 2.24) is 15.2 Å². The molecule has 1 aliphatic carbocycles. The van der Waals surface area contributed by atoms with Gasteiger partial charge in [-0.25, -0.2) is 4.98 Å². The average molecular weight is 387 g/mol. The number of pyridine rings is 1. The quantitative estimate of drug-likeness (QED) is 0.815. The van der Waals surface area contributed by atoms with Crippen molar-refractivity contribution in [3.8, 4) is 0 Å². The van der Waals surface area contributed by atoms with Gasteiger partial charge in [0.2, 0.25) is 5.91 Å². The van der Waals surface area contributed by atoms with Crippen LogP contribution in [0.25, 0.3) is 0 Å². The number of carbonyl (C=O) groups is 2. The third kappa shape index (κ3) is 5.03. The number of carbonyl (C=O) groups excluding carboxylic acids is 2. The second-order valence-corrected chi connectivity index (χ2v) is 8.01. The Morgan fingerprint density at radius 1 is 1.11 bits per heavy atom. The molecule has 3 rings (SSSR count). The molecule has 0 radical (unpaired) electrons. The molecule has 0 bridgehead atoms. The number of hydrogen-bond donors (Lipinski definition) is 1. The van der Waals surface area contributed by atoms with Crippen LogP contribution in [-0.4, -0.2) is 53.9 Å². The fraction of sp³-hybridized carbons (Fsp3) is 0.682. The van der Waals surface area contributed by atoms with Crippen LogP contribution in [0.4, 0.5) is 5.82 Å². The van der Waals surface area contributed by atoms with Crippen LogP contribution >= 0.6 is 0 Å². The maximum absolute atomic E-state index is 12.9. The maximum atomic E-state index is 12.9. The molecule has 28 heavy (non-hydrogen) atoms. The molecule has 1 saturated carbocycles. The standard InChI is InChI=1S/C22H34N4O2/c1-3-25(4-2)20-13-12-17(15-23-20)22(28)26-14-8-9-18(16-26)21(27)24-19-10-6-5-7-11-19/h12-13,15,18-19H,3-11,14,16H2,1-2H3,(H,24,27). The summed E-state index contributed by atoms with van der Waals surface area (Å²) in [5.41, 5.74) is 0.601. The molecule has 2 amide bonds. The smallest absolute Gasteiger partial charge is 0.255 e. The molecule has 1 atom stereocenters. The van der Waals surface area contributed by atoms with E-state index >= 15 is 0 Å². The molecule has 1 aromatic heterocycles. The molecule has 2 fully saturated rings. The van der Waals surface area contributed by atoms with Crippen LogP contribution in [0.5, 0.6) is 0 Å². The van der Waals surface area contributed by atoms with Crippen molar-refractivity contribution in [2.45, 2.75) is 64.8 Å². The number of nitrogens with zero attached hydrogens (tertiary/aromatic N) is 3. The maximum Gasteiger partial charge on any atom is 0.255 e. The number of amides is 2. The van der Waals surface area contributed by atoms with E-state index in [0.29, 0.717) is 24.7 Å². The van der Waals surface area contributed by atoms with Crippen LogP contribution in [-0.2, 0) is 4.79 Å². The van der Waals surface area contributed by atoms with Gasteiger partial charge in [-0.15, -0.1) is 0 Å². The normalized spacial score (nSPS) is 20.6. The predicted molar refractivity (Wildman–Crippen MR) is 111 cm³/mol. The van der Waals surface area contributed by atoms with Crippen molar-refractivity contribution in [1.29, 1.82) is 0 Å². The highest BCUT2D eigenvalue weighted by atomic mass is 16.2. The van der Waals surface area contributed by atoms with Gasteiger partial charge in [-0.3, -0.25) is 9.59 Å². The first kappa shape index (κ1) is 20.6. The molecule has 2 aliphatic rings. The summed E-state index contributed by atoms with van der Waals surface area (Å²) < 4.78 is 0. The summed E-state index contributed by atoms with van der Waals surface area (Å²) >= 11 is 0. The highest BCUT2D eigenvalue weighted by molar-refractivity contribution is 5.94. The van der Waals surface area contributed by atoms with Gasteiger partial charge in [-0.2, -0.15) is 0 Å². The Morgan fingerprint density at radius 3 is 2.50 bits per heavy atom.